The molecular weight excluding hydrogens is 318 g/mol. The smallest absolute Gasteiger partial charge is 0.0486 e. The number of rotatable bonds is 3. The second kappa shape index (κ2) is 6.58. The summed E-state index contributed by atoms with van der Waals surface area (Å²) in [6.45, 7) is 3.22. The van der Waals surface area contributed by atoms with Crippen LogP contribution in [0.4, 0.5) is 0 Å². The standard InChI is InChI=1S/C20H22ClN3/c1-23-10-7-17-18-13-16(21)4-5-19(18)24(20(17)8-11-23)12-6-15-3-2-9-22-14-15/h2-5,9,13-14H,6-8,10-12H2,1H3. The van der Waals surface area contributed by atoms with E-state index in [1.54, 1.807) is 0 Å². The topological polar surface area (TPSA) is 21.1 Å². The van der Waals surface area contributed by atoms with Gasteiger partial charge in [0.15, 0.2) is 0 Å². The second-order valence-electron chi connectivity index (χ2n) is 6.65. The van der Waals surface area contributed by atoms with Crippen molar-refractivity contribution in [3.05, 3.63) is 64.6 Å². The first-order valence-corrected chi connectivity index (χ1v) is 8.97. The molecule has 24 heavy (non-hydrogen) atoms. The first kappa shape index (κ1) is 15.7. The Morgan fingerprint density at radius 3 is 2.88 bits per heavy atom. The largest absolute Gasteiger partial charge is 0.344 e. The van der Waals surface area contributed by atoms with Gasteiger partial charge in [-0.1, -0.05) is 17.7 Å². The van der Waals surface area contributed by atoms with Crippen molar-refractivity contribution in [2.24, 2.45) is 0 Å². The van der Waals surface area contributed by atoms with Crippen molar-refractivity contribution in [1.29, 1.82) is 0 Å². The molecule has 2 aromatic heterocycles. The van der Waals surface area contributed by atoms with Crippen molar-refractivity contribution in [3.8, 4) is 0 Å². The number of pyridine rings is 1. The van der Waals surface area contributed by atoms with Crippen molar-refractivity contribution in [1.82, 2.24) is 14.5 Å². The van der Waals surface area contributed by atoms with Crippen molar-refractivity contribution in [2.75, 3.05) is 20.1 Å². The number of nitrogens with zero attached hydrogens (tertiary/aromatic N) is 3. The lowest BCUT2D eigenvalue weighted by molar-refractivity contribution is 0.351. The van der Waals surface area contributed by atoms with Gasteiger partial charge in [-0.3, -0.25) is 4.98 Å². The quantitative estimate of drug-likeness (QED) is 0.720. The van der Waals surface area contributed by atoms with Gasteiger partial charge in [0, 0.05) is 60.1 Å². The summed E-state index contributed by atoms with van der Waals surface area (Å²) in [6, 6.07) is 10.5. The summed E-state index contributed by atoms with van der Waals surface area (Å²) in [5.41, 5.74) is 5.58. The van der Waals surface area contributed by atoms with Crippen molar-refractivity contribution in [3.63, 3.8) is 0 Å². The summed E-state index contributed by atoms with van der Waals surface area (Å²) in [5.74, 6) is 0. The minimum absolute atomic E-state index is 0.826. The zero-order chi connectivity index (χ0) is 16.5. The fourth-order valence-electron chi connectivity index (χ4n) is 3.77. The Balaban J connectivity index is 1.76. The van der Waals surface area contributed by atoms with E-state index in [4.69, 9.17) is 11.6 Å². The predicted molar refractivity (Wildman–Crippen MR) is 99.8 cm³/mol. The number of aryl methyl sites for hydroxylation is 2. The Kier molecular flexibility index (Phi) is 4.30. The third-order valence-corrected chi connectivity index (χ3v) is 5.30. The number of fused-ring (bicyclic) bond motifs is 3. The zero-order valence-electron chi connectivity index (χ0n) is 14.0. The van der Waals surface area contributed by atoms with E-state index in [0.717, 1.165) is 43.9 Å². The molecule has 0 saturated heterocycles. The lowest BCUT2D eigenvalue weighted by Crippen LogP contribution is -2.21. The Morgan fingerprint density at radius 1 is 1.17 bits per heavy atom. The van der Waals surface area contributed by atoms with Gasteiger partial charge in [0.05, 0.1) is 0 Å². The molecule has 1 aliphatic rings. The minimum Gasteiger partial charge on any atom is -0.344 e. The molecule has 0 N–H and O–H groups in total. The average molecular weight is 340 g/mol. The van der Waals surface area contributed by atoms with Gasteiger partial charge in [-0.05, 0) is 55.3 Å². The van der Waals surface area contributed by atoms with Crippen LogP contribution in [0.5, 0.6) is 0 Å². The molecule has 0 fully saturated rings. The molecule has 0 amide bonds. The van der Waals surface area contributed by atoms with Crippen molar-refractivity contribution >= 4 is 22.5 Å². The van der Waals surface area contributed by atoms with Gasteiger partial charge in [0.1, 0.15) is 0 Å². The number of benzene rings is 1. The number of aromatic nitrogens is 2. The maximum Gasteiger partial charge on any atom is 0.0486 e. The fourth-order valence-corrected chi connectivity index (χ4v) is 3.94. The van der Waals surface area contributed by atoms with Gasteiger partial charge < -0.3 is 9.47 Å². The molecule has 0 bridgehead atoms. The van der Waals surface area contributed by atoms with Crippen LogP contribution in [0.2, 0.25) is 5.02 Å². The predicted octanol–water partition coefficient (Wildman–Crippen LogP) is 3.96. The Labute approximate surface area is 147 Å². The molecule has 3 nitrogen and oxygen atoms in total. The maximum absolute atomic E-state index is 6.28. The molecular formula is C20H22ClN3. The van der Waals surface area contributed by atoms with Crippen LogP contribution in [-0.4, -0.2) is 34.6 Å². The highest BCUT2D eigenvalue weighted by atomic mass is 35.5. The zero-order valence-corrected chi connectivity index (χ0v) is 14.8. The fraction of sp³-hybridized carbons (Fsp3) is 0.350. The number of hydrogen-bond donors (Lipinski definition) is 0. The van der Waals surface area contributed by atoms with Crippen LogP contribution < -0.4 is 0 Å². The summed E-state index contributed by atoms with van der Waals surface area (Å²) >= 11 is 6.28. The van der Waals surface area contributed by atoms with Crippen LogP contribution in [0.1, 0.15) is 16.8 Å². The Hall–Kier alpha value is -1.84. The molecule has 0 saturated carbocycles. The molecule has 4 rings (SSSR count). The monoisotopic (exact) mass is 339 g/mol. The lowest BCUT2D eigenvalue weighted by atomic mass is 10.1. The molecule has 3 aromatic rings. The summed E-state index contributed by atoms with van der Waals surface area (Å²) in [4.78, 5) is 6.66. The van der Waals surface area contributed by atoms with Crippen LogP contribution in [0, 0.1) is 0 Å². The molecule has 4 heteroatoms. The van der Waals surface area contributed by atoms with E-state index in [1.165, 1.54) is 27.7 Å². The maximum atomic E-state index is 6.28. The Morgan fingerprint density at radius 2 is 2.04 bits per heavy atom. The summed E-state index contributed by atoms with van der Waals surface area (Å²) in [5, 5.41) is 2.16. The van der Waals surface area contributed by atoms with Gasteiger partial charge in [0.2, 0.25) is 0 Å². The van der Waals surface area contributed by atoms with Gasteiger partial charge >= 0.3 is 0 Å². The van der Waals surface area contributed by atoms with E-state index in [0.29, 0.717) is 0 Å². The molecule has 0 atom stereocenters. The van der Waals surface area contributed by atoms with Gasteiger partial charge in [0.25, 0.3) is 0 Å². The van der Waals surface area contributed by atoms with E-state index in [9.17, 15) is 0 Å². The van der Waals surface area contributed by atoms with Crippen LogP contribution >= 0.6 is 11.6 Å². The number of halogens is 1. The van der Waals surface area contributed by atoms with Gasteiger partial charge in [-0.2, -0.15) is 0 Å². The summed E-state index contributed by atoms with van der Waals surface area (Å²) < 4.78 is 2.51. The molecule has 0 unspecified atom stereocenters. The van der Waals surface area contributed by atoms with E-state index in [2.05, 4.69) is 39.7 Å². The Bertz CT molecular complexity index is 854. The molecule has 1 aromatic carbocycles. The molecule has 0 spiro atoms. The lowest BCUT2D eigenvalue weighted by Gasteiger charge is -2.14. The van der Waals surface area contributed by atoms with E-state index < -0.39 is 0 Å². The summed E-state index contributed by atoms with van der Waals surface area (Å²) in [7, 11) is 2.21. The second-order valence-corrected chi connectivity index (χ2v) is 7.09. The minimum atomic E-state index is 0.826. The normalized spacial score (nSPS) is 15.4. The first-order chi connectivity index (χ1) is 11.7. The highest BCUT2D eigenvalue weighted by Crippen LogP contribution is 2.31. The van der Waals surface area contributed by atoms with Gasteiger partial charge in [-0.25, -0.2) is 0 Å². The highest BCUT2D eigenvalue weighted by Gasteiger charge is 2.20. The molecule has 1 aliphatic heterocycles. The highest BCUT2D eigenvalue weighted by molar-refractivity contribution is 6.31. The van der Waals surface area contributed by atoms with Gasteiger partial charge in [-0.15, -0.1) is 0 Å². The third-order valence-electron chi connectivity index (χ3n) is 5.07. The SMILES string of the molecule is CN1CCc2c(n(CCc3cccnc3)c3ccc(Cl)cc23)CC1. The molecule has 0 aliphatic carbocycles. The average Bonchev–Trinajstić information content (AvgIpc) is 2.74. The van der Waals surface area contributed by atoms with Crippen molar-refractivity contribution < 1.29 is 0 Å². The molecule has 3 heterocycles. The molecule has 0 radical (unpaired) electrons. The number of likely N-dealkylation sites (N-methyl/N-ethyl adjacent to an activating group) is 1. The molecule has 124 valence electrons. The van der Waals surface area contributed by atoms with E-state index in [-0.39, 0.29) is 0 Å². The first-order valence-electron chi connectivity index (χ1n) is 8.59. The summed E-state index contributed by atoms with van der Waals surface area (Å²) in [6.07, 6.45) is 7.00. The third kappa shape index (κ3) is 2.94. The number of hydrogen-bond acceptors (Lipinski definition) is 2. The van der Waals surface area contributed by atoms with E-state index in [1.807, 2.05) is 24.5 Å². The van der Waals surface area contributed by atoms with Crippen LogP contribution in [-0.2, 0) is 25.8 Å². The van der Waals surface area contributed by atoms with Crippen LogP contribution in [0.15, 0.2) is 42.7 Å². The van der Waals surface area contributed by atoms with Crippen LogP contribution in [0.25, 0.3) is 10.9 Å². The van der Waals surface area contributed by atoms with E-state index >= 15 is 0 Å². The van der Waals surface area contributed by atoms with Crippen molar-refractivity contribution in [2.45, 2.75) is 25.8 Å². The van der Waals surface area contributed by atoms with Crippen LogP contribution in [0.3, 0.4) is 0 Å².